The summed E-state index contributed by atoms with van der Waals surface area (Å²) in [4.78, 5) is 62.5. The second-order valence-electron chi connectivity index (χ2n) is 14.2. The highest BCUT2D eigenvalue weighted by Gasteiger charge is 2.55. The maximum absolute atomic E-state index is 14.6. The molecule has 4 amide bonds. The van der Waals surface area contributed by atoms with Gasteiger partial charge in [0.15, 0.2) is 0 Å². The second-order valence-corrected chi connectivity index (χ2v) is 17.3. The van der Waals surface area contributed by atoms with Crippen LogP contribution in [0.25, 0.3) is 0 Å². The van der Waals surface area contributed by atoms with Crippen molar-refractivity contribution < 1.29 is 27.6 Å². The standard InChI is InChI=1S/C35H45Cl3N6O6S/c1-20(2)31(40(5)6)35(48)41-15-7-8-27(41)32(45)39-26-18-43(51(49,50)29-14-13-24(37)17-25(29)38)30-19-42(21(3)4)34(47)28(44(30)33(26)46)16-22-9-11-23(36)12-10-22/h9-14,17,20-21,26-28,30-31H,7-8,15-16,18-19H2,1-6H3,(H,39,45). The summed E-state index contributed by atoms with van der Waals surface area (Å²) in [5, 5.41) is 3.42. The third kappa shape index (κ3) is 7.89. The zero-order chi connectivity index (χ0) is 37.5. The van der Waals surface area contributed by atoms with Crippen molar-refractivity contribution in [2.45, 2.75) is 88.2 Å². The summed E-state index contributed by atoms with van der Waals surface area (Å²) in [5.74, 6) is -1.73. The summed E-state index contributed by atoms with van der Waals surface area (Å²) in [6, 6.07) is 6.77. The number of hydrogen-bond acceptors (Lipinski definition) is 7. The van der Waals surface area contributed by atoms with E-state index < -0.39 is 58.7 Å². The Bertz CT molecular complexity index is 1770. The molecule has 16 heteroatoms. The number of likely N-dealkylation sites (tertiary alicyclic amines) is 1. The highest BCUT2D eigenvalue weighted by Crippen LogP contribution is 2.35. The predicted molar refractivity (Wildman–Crippen MR) is 196 cm³/mol. The normalized spacial score (nSPS) is 23.7. The van der Waals surface area contributed by atoms with Crippen LogP contribution in [0.3, 0.4) is 0 Å². The molecule has 3 heterocycles. The quantitative estimate of drug-likeness (QED) is 0.389. The minimum atomic E-state index is -4.44. The van der Waals surface area contributed by atoms with E-state index in [1.807, 2.05) is 46.7 Å². The fourth-order valence-electron chi connectivity index (χ4n) is 7.48. The van der Waals surface area contributed by atoms with Gasteiger partial charge in [-0.2, -0.15) is 4.31 Å². The first-order chi connectivity index (χ1) is 23.9. The van der Waals surface area contributed by atoms with Crippen LogP contribution in [0.15, 0.2) is 47.4 Å². The molecular weight excluding hydrogens is 739 g/mol. The molecule has 5 atom stereocenters. The van der Waals surface area contributed by atoms with Gasteiger partial charge in [0.25, 0.3) is 0 Å². The second kappa shape index (κ2) is 15.6. The number of benzene rings is 2. The molecule has 51 heavy (non-hydrogen) atoms. The number of carbonyl (C=O) groups is 4. The van der Waals surface area contributed by atoms with Crippen LogP contribution >= 0.6 is 34.8 Å². The molecular formula is C35H45Cl3N6O6S. The summed E-state index contributed by atoms with van der Waals surface area (Å²) >= 11 is 18.7. The van der Waals surface area contributed by atoms with E-state index >= 15 is 0 Å². The molecule has 12 nitrogen and oxygen atoms in total. The largest absolute Gasteiger partial charge is 0.341 e. The number of likely N-dealkylation sites (N-methyl/N-ethyl adjacent to an activating group) is 1. The van der Waals surface area contributed by atoms with Crippen LogP contribution in [0.1, 0.15) is 46.1 Å². The molecule has 1 N–H and O–H groups in total. The summed E-state index contributed by atoms with van der Waals surface area (Å²) in [5.41, 5.74) is 0.705. The van der Waals surface area contributed by atoms with Gasteiger partial charge in [-0.15, -0.1) is 0 Å². The molecule has 3 aliphatic heterocycles. The minimum absolute atomic E-state index is 0.0215. The number of rotatable bonds is 10. The molecule has 2 aromatic rings. The van der Waals surface area contributed by atoms with Gasteiger partial charge in [0.1, 0.15) is 29.2 Å². The smallest absolute Gasteiger partial charge is 0.248 e. The van der Waals surface area contributed by atoms with E-state index in [2.05, 4.69) is 5.32 Å². The van der Waals surface area contributed by atoms with Crippen molar-refractivity contribution >= 4 is 68.5 Å². The number of fused-ring (bicyclic) bond motifs is 1. The third-order valence-corrected chi connectivity index (χ3v) is 12.7. The Morgan fingerprint density at radius 1 is 0.941 bits per heavy atom. The number of carbonyl (C=O) groups excluding carboxylic acids is 4. The fourth-order valence-corrected chi connectivity index (χ4v) is 9.94. The Morgan fingerprint density at radius 2 is 1.59 bits per heavy atom. The first kappa shape index (κ1) is 39.3. The van der Waals surface area contributed by atoms with Crippen molar-refractivity contribution in [3.05, 3.63) is 63.1 Å². The van der Waals surface area contributed by atoms with E-state index in [9.17, 15) is 27.6 Å². The maximum atomic E-state index is 14.6. The number of piperazine rings is 1. The third-order valence-electron chi connectivity index (χ3n) is 9.87. The van der Waals surface area contributed by atoms with Crippen LogP contribution in [0.5, 0.6) is 0 Å². The van der Waals surface area contributed by atoms with E-state index in [1.165, 1.54) is 23.1 Å². The Balaban J connectivity index is 1.55. The highest BCUT2D eigenvalue weighted by molar-refractivity contribution is 7.89. The lowest BCUT2D eigenvalue weighted by Gasteiger charge is -2.54. The molecule has 0 spiro atoms. The van der Waals surface area contributed by atoms with E-state index in [1.54, 1.807) is 34.1 Å². The number of nitrogens with zero attached hydrogens (tertiary/aromatic N) is 5. The number of nitrogens with one attached hydrogen (secondary N) is 1. The van der Waals surface area contributed by atoms with Crippen molar-refractivity contribution in [3.63, 3.8) is 0 Å². The van der Waals surface area contributed by atoms with E-state index in [-0.39, 0.29) is 51.7 Å². The average Bonchev–Trinajstić information content (AvgIpc) is 3.54. The molecule has 5 rings (SSSR count). The molecule has 5 unspecified atom stereocenters. The van der Waals surface area contributed by atoms with Crippen LogP contribution in [0.2, 0.25) is 15.1 Å². The highest BCUT2D eigenvalue weighted by atomic mass is 35.5. The van der Waals surface area contributed by atoms with Crippen LogP contribution in [0.4, 0.5) is 0 Å². The Hall–Kier alpha value is -2.94. The van der Waals surface area contributed by atoms with Gasteiger partial charge in [-0.25, -0.2) is 8.42 Å². The van der Waals surface area contributed by atoms with Gasteiger partial charge in [0, 0.05) is 35.6 Å². The predicted octanol–water partition coefficient (Wildman–Crippen LogP) is 3.73. The first-order valence-corrected chi connectivity index (χ1v) is 19.6. The lowest BCUT2D eigenvalue weighted by atomic mass is 9.96. The molecule has 0 aromatic heterocycles. The van der Waals surface area contributed by atoms with E-state index in [0.29, 0.717) is 30.0 Å². The lowest BCUT2D eigenvalue weighted by Crippen LogP contribution is -2.76. The molecule has 278 valence electrons. The van der Waals surface area contributed by atoms with Gasteiger partial charge >= 0.3 is 0 Å². The van der Waals surface area contributed by atoms with Crippen LogP contribution < -0.4 is 5.32 Å². The van der Waals surface area contributed by atoms with Crippen molar-refractivity contribution in [2.24, 2.45) is 5.92 Å². The number of halogens is 3. The van der Waals surface area contributed by atoms with Crippen molar-refractivity contribution in [1.82, 2.24) is 29.2 Å². The molecule has 2 aromatic carbocycles. The van der Waals surface area contributed by atoms with Gasteiger partial charge < -0.3 is 20.0 Å². The molecule has 3 saturated heterocycles. The zero-order valence-corrected chi connectivity index (χ0v) is 32.6. The topological polar surface area (TPSA) is 131 Å². The van der Waals surface area contributed by atoms with E-state index in [4.69, 9.17) is 34.8 Å². The van der Waals surface area contributed by atoms with Crippen LogP contribution in [-0.2, 0) is 35.6 Å². The zero-order valence-electron chi connectivity index (χ0n) is 29.6. The molecule has 0 radical (unpaired) electrons. The van der Waals surface area contributed by atoms with Crippen molar-refractivity contribution in [2.75, 3.05) is 33.7 Å². The SMILES string of the molecule is CC(C)C(C(=O)N1CCCC1C(=O)NC1CN(S(=O)(=O)c2ccc(Cl)cc2Cl)C2CN(C(C)C)C(=O)C(Cc3ccc(Cl)cc3)N2C1=O)N(C)C. The number of amides is 4. The maximum Gasteiger partial charge on any atom is 0.248 e. The Labute approximate surface area is 315 Å². The van der Waals surface area contributed by atoms with Gasteiger partial charge in [0.05, 0.1) is 17.6 Å². The minimum Gasteiger partial charge on any atom is -0.341 e. The molecule has 3 fully saturated rings. The fraction of sp³-hybridized carbons (Fsp3) is 0.543. The van der Waals surface area contributed by atoms with Crippen LogP contribution in [-0.4, -0.2) is 126 Å². The van der Waals surface area contributed by atoms with Crippen molar-refractivity contribution in [3.8, 4) is 0 Å². The van der Waals surface area contributed by atoms with Crippen LogP contribution in [0, 0.1) is 5.92 Å². The summed E-state index contributed by atoms with van der Waals surface area (Å²) < 4.78 is 30.2. The monoisotopic (exact) mass is 782 g/mol. The van der Waals surface area contributed by atoms with E-state index in [0.717, 1.165) is 4.31 Å². The lowest BCUT2D eigenvalue weighted by molar-refractivity contribution is -0.169. The Kier molecular flexibility index (Phi) is 12.0. The Morgan fingerprint density at radius 3 is 2.18 bits per heavy atom. The summed E-state index contributed by atoms with van der Waals surface area (Å²) in [6.45, 7) is 7.37. The molecule has 0 aliphatic carbocycles. The van der Waals surface area contributed by atoms with Gasteiger partial charge in [0.2, 0.25) is 33.7 Å². The number of hydrogen-bond donors (Lipinski definition) is 1. The summed E-state index contributed by atoms with van der Waals surface area (Å²) in [6.07, 6.45) is -0.0696. The number of sulfonamides is 1. The van der Waals surface area contributed by atoms with Gasteiger partial charge in [-0.1, -0.05) is 60.8 Å². The molecule has 0 bridgehead atoms. The molecule has 0 saturated carbocycles. The van der Waals surface area contributed by atoms with Crippen molar-refractivity contribution in [1.29, 1.82) is 0 Å². The van der Waals surface area contributed by atoms with Gasteiger partial charge in [-0.05, 0) is 82.6 Å². The average molecular weight is 784 g/mol. The summed E-state index contributed by atoms with van der Waals surface area (Å²) in [7, 11) is -0.816. The molecule has 3 aliphatic rings. The van der Waals surface area contributed by atoms with Gasteiger partial charge in [-0.3, -0.25) is 24.1 Å². The first-order valence-electron chi connectivity index (χ1n) is 17.0.